The molecular weight excluding hydrogens is 216 g/mol. The van der Waals surface area contributed by atoms with E-state index in [1.54, 1.807) is 13.1 Å². The van der Waals surface area contributed by atoms with Crippen LogP contribution < -0.4 is 5.32 Å². The number of carbonyl (C=O) groups is 1. The molecule has 1 aliphatic heterocycles. The Morgan fingerprint density at radius 2 is 2.18 bits per heavy atom. The molecule has 0 atom stereocenters. The van der Waals surface area contributed by atoms with Crippen molar-refractivity contribution < 1.29 is 9.53 Å². The lowest BCUT2D eigenvalue weighted by Crippen LogP contribution is -1.95. The van der Waals surface area contributed by atoms with Crippen LogP contribution >= 0.6 is 0 Å². The lowest BCUT2D eigenvalue weighted by molar-refractivity contribution is -0.140. The van der Waals surface area contributed by atoms with Gasteiger partial charge in [0.25, 0.3) is 0 Å². The van der Waals surface area contributed by atoms with Gasteiger partial charge in [-0.15, -0.1) is 0 Å². The summed E-state index contributed by atoms with van der Waals surface area (Å²) in [6.07, 6.45) is 5.40. The van der Waals surface area contributed by atoms with Crippen LogP contribution in [0.4, 0.5) is 5.69 Å². The van der Waals surface area contributed by atoms with E-state index in [0.717, 1.165) is 11.3 Å². The summed E-state index contributed by atoms with van der Waals surface area (Å²) in [5.41, 5.74) is 2.22. The molecule has 0 spiro atoms. The molecule has 1 aromatic rings. The molecule has 1 heterocycles. The number of para-hydroxylation sites is 1. The van der Waals surface area contributed by atoms with Gasteiger partial charge in [-0.1, -0.05) is 18.2 Å². The first-order valence-corrected chi connectivity index (χ1v) is 5.41. The van der Waals surface area contributed by atoms with Crippen LogP contribution in [0.25, 0.3) is 0 Å². The molecule has 0 saturated heterocycles. The van der Waals surface area contributed by atoms with Crippen LogP contribution in [0.3, 0.4) is 0 Å². The van der Waals surface area contributed by atoms with Gasteiger partial charge in [0.15, 0.2) is 0 Å². The molecule has 4 heteroatoms. The van der Waals surface area contributed by atoms with Crippen LogP contribution in [0.5, 0.6) is 0 Å². The van der Waals surface area contributed by atoms with Gasteiger partial charge in [-0.25, -0.2) is 0 Å². The largest absolute Gasteiger partial charge is 0.466 e. The Morgan fingerprint density at radius 3 is 2.82 bits per heavy atom. The summed E-state index contributed by atoms with van der Waals surface area (Å²) >= 11 is 0. The highest BCUT2D eigenvalue weighted by atomic mass is 16.5. The van der Waals surface area contributed by atoms with Crippen molar-refractivity contribution in [3.8, 4) is 0 Å². The molecule has 1 N–H and O–H groups in total. The monoisotopic (exact) mass is 232 g/mol. The van der Waals surface area contributed by atoms with Gasteiger partial charge in [0.05, 0.1) is 6.61 Å². The summed E-state index contributed by atoms with van der Waals surface area (Å²) in [6, 6.07) is 8.05. The standard InChI is InChI=1S/C9H8N2.C4H8O2/c1-2-4-9-8(3-1)7-10-5-6-11-9;1-3-6-4(2)5/h1-7,11H;3H2,1-2H3. The van der Waals surface area contributed by atoms with Gasteiger partial charge in [-0.05, 0) is 13.0 Å². The third kappa shape index (κ3) is 4.97. The molecule has 1 aliphatic rings. The number of nitrogens with zero attached hydrogens (tertiary/aromatic N) is 1. The number of ether oxygens (including phenoxy) is 1. The Morgan fingerprint density at radius 1 is 1.41 bits per heavy atom. The molecule has 17 heavy (non-hydrogen) atoms. The lowest BCUT2D eigenvalue weighted by Gasteiger charge is -2.01. The van der Waals surface area contributed by atoms with Crippen LogP contribution in [0, 0.1) is 0 Å². The van der Waals surface area contributed by atoms with Crippen molar-refractivity contribution in [2.75, 3.05) is 11.9 Å². The van der Waals surface area contributed by atoms with Gasteiger partial charge in [0, 0.05) is 36.8 Å². The van der Waals surface area contributed by atoms with Gasteiger partial charge in [-0.3, -0.25) is 9.79 Å². The van der Waals surface area contributed by atoms with E-state index in [2.05, 4.69) is 15.0 Å². The van der Waals surface area contributed by atoms with Crippen molar-refractivity contribution in [3.05, 3.63) is 42.2 Å². The topological polar surface area (TPSA) is 50.7 Å². The summed E-state index contributed by atoms with van der Waals surface area (Å²) < 4.78 is 4.40. The van der Waals surface area contributed by atoms with E-state index < -0.39 is 0 Å². The number of nitrogens with one attached hydrogen (secondary N) is 1. The van der Waals surface area contributed by atoms with E-state index in [9.17, 15) is 4.79 Å². The van der Waals surface area contributed by atoms with E-state index >= 15 is 0 Å². The summed E-state index contributed by atoms with van der Waals surface area (Å²) in [7, 11) is 0. The highest BCUT2D eigenvalue weighted by Crippen LogP contribution is 2.13. The quantitative estimate of drug-likeness (QED) is 0.757. The van der Waals surface area contributed by atoms with Crippen LogP contribution in [0.15, 0.2) is 41.7 Å². The molecule has 0 radical (unpaired) electrons. The van der Waals surface area contributed by atoms with E-state index in [4.69, 9.17) is 0 Å². The number of hydrogen-bond acceptors (Lipinski definition) is 4. The predicted molar refractivity (Wildman–Crippen MR) is 69.1 cm³/mol. The Bertz CT molecular complexity index is 425. The minimum absolute atomic E-state index is 0.211. The maximum absolute atomic E-state index is 9.82. The summed E-state index contributed by atoms with van der Waals surface area (Å²) in [5.74, 6) is -0.211. The van der Waals surface area contributed by atoms with Gasteiger partial charge < -0.3 is 10.1 Å². The number of hydrogen-bond donors (Lipinski definition) is 1. The second kappa shape index (κ2) is 7.22. The second-order valence-corrected chi connectivity index (χ2v) is 3.25. The predicted octanol–water partition coefficient (Wildman–Crippen LogP) is 2.57. The van der Waals surface area contributed by atoms with Crippen molar-refractivity contribution in [2.24, 2.45) is 4.99 Å². The summed E-state index contributed by atoms with van der Waals surface area (Å²) in [4.78, 5) is 13.9. The van der Waals surface area contributed by atoms with E-state index in [0.29, 0.717) is 6.61 Å². The van der Waals surface area contributed by atoms with E-state index in [1.165, 1.54) is 6.92 Å². The third-order valence-corrected chi connectivity index (χ3v) is 1.92. The first-order chi connectivity index (χ1) is 8.24. The SMILES string of the molecule is C1=CNc2ccccc2C=N1.CCOC(C)=O. The van der Waals surface area contributed by atoms with Crippen LogP contribution in [-0.2, 0) is 9.53 Å². The molecule has 2 rings (SSSR count). The molecule has 0 aromatic heterocycles. The molecule has 0 bridgehead atoms. The van der Waals surface area contributed by atoms with Crippen molar-refractivity contribution >= 4 is 17.9 Å². The van der Waals surface area contributed by atoms with Crippen LogP contribution in [0.1, 0.15) is 19.4 Å². The van der Waals surface area contributed by atoms with E-state index in [1.807, 2.05) is 36.7 Å². The molecule has 0 fully saturated rings. The lowest BCUT2D eigenvalue weighted by atomic mass is 10.2. The minimum Gasteiger partial charge on any atom is -0.466 e. The average molecular weight is 232 g/mol. The van der Waals surface area contributed by atoms with Crippen molar-refractivity contribution in [2.45, 2.75) is 13.8 Å². The third-order valence-electron chi connectivity index (χ3n) is 1.92. The normalized spacial score (nSPS) is 11.4. The number of carbonyl (C=O) groups excluding carboxylic acids is 1. The number of aliphatic imine (C=N–C) groups is 1. The van der Waals surface area contributed by atoms with Crippen LogP contribution in [-0.4, -0.2) is 18.8 Å². The number of esters is 1. The van der Waals surface area contributed by atoms with Gasteiger partial charge in [0.2, 0.25) is 0 Å². The fourth-order valence-electron chi connectivity index (χ4n) is 1.24. The van der Waals surface area contributed by atoms with Crippen molar-refractivity contribution in [3.63, 3.8) is 0 Å². The van der Waals surface area contributed by atoms with Crippen molar-refractivity contribution in [1.82, 2.24) is 0 Å². The molecule has 0 amide bonds. The molecule has 90 valence electrons. The average Bonchev–Trinajstić information content (AvgIpc) is 2.54. The molecule has 0 saturated carbocycles. The van der Waals surface area contributed by atoms with Crippen LogP contribution in [0.2, 0.25) is 0 Å². The molecule has 4 nitrogen and oxygen atoms in total. The highest BCUT2D eigenvalue weighted by Gasteiger charge is 1.96. The molecule has 0 aliphatic carbocycles. The maximum Gasteiger partial charge on any atom is 0.302 e. The Hall–Kier alpha value is -2.10. The smallest absolute Gasteiger partial charge is 0.302 e. The number of benzene rings is 1. The fraction of sp³-hybridized carbons (Fsp3) is 0.231. The zero-order valence-electron chi connectivity index (χ0n) is 10.0. The van der Waals surface area contributed by atoms with Gasteiger partial charge in [0.1, 0.15) is 0 Å². The first-order valence-electron chi connectivity index (χ1n) is 5.41. The fourth-order valence-corrected chi connectivity index (χ4v) is 1.24. The number of rotatable bonds is 1. The number of fused-ring (bicyclic) bond motifs is 1. The Kier molecular flexibility index (Phi) is 5.51. The first kappa shape index (κ1) is 13.0. The molecule has 1 aromatic carbocycles. The van der Waals surface area contributed by atoms with Crippen molar-refractivity contribution in [1.29, 1.82) is 0 Å². The summed E-state index contributed by atoms with van der Waals surface area (Å²) in [5, 5.41) is 3.12. The summed E-state index contributed by atoms with van der Waals surface area (Å²) in [6.45, 7) is 3.65. The van der Waals surface area contributed by atoms with Gasteiger partial charge >= 0.3 is 5.97 Å². The zero-order chi connectivity index (χ0) is 12.5. The molecule has 0 unspecified atom stereocenters. The maximum atomic E-state index is 9.82. The van der Waals surface area contributed by atoms with Gasteiger partial charge in [-0.2, -0.15) is 0 Å². The second-order valence-electron chi connectivity index (χ2n) is 3.25. The molecular formula is C13H16N2O2. The number of anilines is 1. The Labute approximate surface area is 101 Å². The minimum atomic E-state index is -0.211. The zero-order valence-corrected chi connectivity index (χ0v) is 10.0. The highest BCUT2D eigenvalue weighted by molar-refractivity contribution is 5.88. The van der Waals surface area contributed by atoms with E-state index in [-0.39, 0.29) is 5.97 Å². The Balaban J connectivity index is 0.000000209.